The molecule has 2 aromatic carbocycles. The van der Waals surface area contributed by atoms with Gasteiger partial charge in [0, 0.05) is 36.2 Å². The Hall–Kier alpha value is -4.05. The van der Waals surface area contributed by atoms with Crippen LogP contribution in [0.2, 0.25) is 0 Å². The largest absolute Gasteiger partial charge is 0.497 e. The number of nitrogens with zero attached hydrogens (tertiary/aromatic N) is 4. The highest BCUT2D eigenvalue weighted by atomic mass is 19.1. The number of carbonyl (C=O) groups is 1. The van der Waals surface area contributed by atoms with E-state index in [9.17, 15) is 14.3 Å². The minimum Gasteiger partial charge on any atom is -0.497 e. The predicted octanol–water partition coefficient (Wildman–Crippen LogP) is 2.95. The zero-order valence-electron chi connectivity index (χ0n) is 19.5. The molecule has 4 rings (SSSR count). The van der Waals surface area contributed by atoms with Crippen molar-refractivity contribution in [3.05, 3.63) is 77.4 Å². The van der Waals surface area contributed by atoms with E-state index in [-0.39, 0.29) is 18.7 Å². The SMILES string of the molecule is COc1ccc(C(=C(C=C[C@@H]2C[C@@H](O)CC(=O)O2)c2nnnn2C)c2ccc(F)cc2)c(OC)c1. The Morgan fingerprint density at radius 3 is 2.60 bits per heavy atom. The Morgan fingerprint density at radius 1 is 1.20 bits per heavy atom. The molecule has 2 atom stereocenters. The third-order valence-electron chi connectivity index (χ3n) is 5.61. The van der Waals surface area contributed by atoms with Crippen LogP contribution in [0.15, 0.2) is 54.6 Å². The standard InChI is InChI=1S/C25H25FN4O5/c1-30-25(27-28-29-30)21(11-9-19-12-17(31)13-23(32)35-19)24(15-4-6-16(26)7-5-15)20-10-8-18(33-2)14-22(20)34-3/h4-11,14,17,19,31H,12-13H2,1-3H3/t17-,19-/m1/s1. The Kier molecular flexibility index (Phi) is 7.21. The highest BCUT2D eigenvalue weighted by Crippen LogP contribution is 2.39. The van der Waals surface area contributed by atoms with Crippen LogP contribution in [0.5, 0.6) is 11.5 Å². The van der Waals surface area contributed by atoms with Gasteiger partial charge in [0.1, 0.15) is 23.4 Å². The van der Waals surface area contributed by atoms with E-state index in [2.05, 4.69) is 15.5 Å². The van der Waals surface area contributed by atoms with Crippen molar-refractivity contribution >= 4 is 17.1 Å². The molecular weight excluding hydrogens is 455 g/mol. The first-order valence-corrected chi connectivity index (χ1v) is 10.9. The molecule has 0 aliphatic carbocycles. The van der Waals surface area contributed by atoms with Crippen LogP contribution in [0, 0.1) is 5.82 Å². The molecule has 0 radical (unpaired) electrons. The van der Waals surface area contributed by atoms with Gasteiger partial charge >= 0.3 is 5.97 Å². The molecule has 0 amide bonds. The number of esters is 1. The van der Waals surface area contributed by atoms with E-state index < -0.39 is 18.2 Å². The van der Waals surface area contributed by atoms with Crippen molar-refractivity contribution in [3.63, 3.8) is 0 Å². The van der Waals surface area contributed by atoms with Crippen molar-refractivity contribution in [1.82, 2.24) is 20.2 Å². The van der Waals surface area contributed by atoms with Gasteiger partial charge in [-0.05, 0) is 46.3 Å². The zero-order valence-corrected chi connectivity index (χ0v) is 19.5. The first-order chi connectivity index (χ1) is 16.9. The second kappa shape index (κ2) is 10.5. The van der Waals surface area contributed by atoms with Crippen LogP contribution in [-0.4, -0.2) is 57.7 Å². The van der Waals surface area contributed by atoms with Crippen LogP contribution in [-0.2, 0) is 16.6 Å². The molecule has 9 nitrogen and oxygen atoms in total. The molecule has 1 aromatic heterocycles. The van der Waals surface area contributed by atoms with Crippen molar-refractivity contribution in [1.29, 1.82) is 0 Å². The van der Waals surface area contributed by atoms with Crippen molar-refractivity contribution in [2.45, 2.75) is 25.0 Å². The maximum absolute atomic E-state index is 13.8. The van der Waals surface area contributed by atoms with Gasteiger partial charge in [-0.15, -0.1) is 5.10 Å². The van der Waals surface area contributed by atoms with Gasteiger partial charge < -0.3 is 19.3 Å². The molecule has 182 valence electrons. The molecule has 1 fully saturated rings. The van der Waals surface area contributed by atoms with E-state index in [1.165, 1.54) is 16.8 Å². The van der Waals surface area contributed by atoms with Gasteiger partial charge in [-0.3, -0.25) is 4.79 Å². The molecule has 1 aliphatic heterocycles. The number of methoxy groups -OCH3 is 2. The quantitative estimate of drug-likeness (QED) is 0.406. The van der Waals surface area contributed by atoms with Crippen LogP contribution in [0.4, 0.5) is 4.39 Å². The summed E-state index contributed by atoms with van der Waals surface area (Å²) in [7, 11) is 4.80. The van der Waals surface area contributed by atoms with Gasteiger partial charge in [-0.1, -0.05) is 18.2 Å². The van der Waals surface area contributed by atoms with Gasteiger partial charge in [0.25, 0.3) is 0 Å². The van der Waals surface area contributed by atoms with Gasteiger partial charge in [-0.2, -0.15) is 0 Å². The number of cyclic esters (lactones) is 1. The van der Waals surface area contributed by atoms with Crippen LogP contribution >= 0.6 is 0 Å². The molecular formula is C25H25FN4O5. The molecule has 10 heteroatoms. The van der Waals surface area contributed by atoms with E-state index >= 15 is 0 Å². The van der Waals surface area contributed by atoms with E-state index in [0.29, 0.717) is 39.6 Å². The zero-order chi connectivity index (χ0) is 24.9. The molecule has 3 aromatic rings. The van der Waals surface area contributed by atoms with E-state index in [1.54, 1.807) is 57.7 Å². The van der Waals surface area contributed by atoms with E-state index in [4.69, 9.17) is 14.2 Å². The molecule has 0 spiro atoms. The minimum absolute atomic E-state index is 0.0376. The number of carbonyl (C=O) groups excluding carboxylic acids is 1. The number of aliphatic hydroxyl groups excluding tert-OH is 1. The summed E-state index contributed by atoms with van der Waals surface area (Å²) in [5.41, 5.74) is 2.59. The lowest BCUT2D eigenvalue weighted by molar-refractivity contribution is -0.156. The maximum atomic E-state index is 13.8. The predicted molar refractivity (Wildman–Crippen MR) is 125 cm³/mol. The first-order valence-electron chi connectivity index (χ1n) is 10.9. The normalized spacial score (nSPS) is 18.8. The topological polar surface area (TPSA) is 109 Å². The number of tetrazole rings is 1. The third kappa shape index (κ3) is 5.38. The number of benzene rings is 2. The van der Waals surface area contributed by atoms with E-state index in [1.807, 2.05) is 6.07 Å². The second-order valence-electron chi connectivity index (χ2n) is 7.97. The van der Waals surface area contributed by atoms with E-state index in [0.717, 1.165) is 0 Å². The Morgan fingerprint density at radius 2 is 1.97 bits per heavy atom. The summed E-state index contributed by atoms with van der Waals surface area (Å²) in [6.07, 6.45) is 2.24. The van der Waals surface area contributed by atoms with Crippen molar-refractivity contribution in [3.8, 4) is 11.5 Å². The lowest BCUT2D eigenvalue weighted by Gasteiger charge is -2.23. The van der Waals surface area contributed by atoms with Gasteiger partial charge in [0.2, 0.25) is 0 Å². The molecule has 1 saturated heterocycles. The Bertz CT molecular complexity index is 1270. The number of halogens is 1. The molecule has 35 heavy (non-hydrogen) atoms. The fourth-order valence-electron chi connectivity index (χ4n) is 3.94. The number of ether oxygens (including phenoxy) is 3. The number of aryl methyl sites for hydroxylation is 1. The molecule has 0 unspecified atom stereocenters. The Labute approximate surface area is 201 Å². The molecule has 0 bridgehead atoms. The monoisotopic (exact) mass is 480 g/mol. The van der Waals surface area contributed by atoms with Crippen LogP contribution in [0.25, 0.3) is 11.1 Å². The summed E-state index contributed by atoms with van der Waals surface area (Å²) in [6, 6.07) is 11.4. The lowest BCUT2D eigenvalue weighted by atomic mass is 9.91. The Balaban J connectivity index is 1.96. The second-order valence-corrected chi connectivity index (χ2v) is 7.97. The van der Waals surface area contributed by atoms with Crippen LogP contribution < -0.4 is 9.47 Å². The average molecular weight is 480 g/mol. The summed E-state index contributed by atoms with van der Waals surface area (Å²) in [6.45, 7) is 0. The average Bonchev–Trinajstić information content (AvgIpc) is 3.27. The third-order valence-corrected chi connectivity index (χ3v) is 5.61. The smallest absolute Gasteiger partial charge is 0.309 e. The summed E-state index contributed by atoms with van der Waals surface area (Å²) in [4.78, 5) is 11.8. The van der Waals surface area contributed by atoms with Crippen molar-refractivity contribution in [2.75, 3.05) is 14.2 Å². The maximum Gasteiger partial charge on any atom is 0.309 e. The highest BCUT2D eigenvalue weighted by molar-refractivity contribution is 6.02. The molecule has 2 heterocycles. The van der Waals surface area contributed by atoms with Crippen LogP contribution in [0.3, 0.4) is 0 Å². The number of allylic oxidation sites excluding steroid dienone is 2. The number of rotatable bonds is 7. The van der Waals surface area contributed by atoms with Gasteiger partial charge in [0.15, 0.2) is 5.82 Å². The van der Waals surface area contributed by atoms with Crippen molar-refractivity contribution in [2.24, 2.45) is 7.05 Å². The highest BCUT2D eigenvalue weighted by Gasteiger charge is 2.26. The van der Waals surface area contributed by atoms with Gasteiger partial charge in [0.05, 0.1) is 26.7 Å². The molecule has 1 aliphatic rings. The summed E-state index contributed by atoms with van der Waals surface area (Å²) in [5.74, 6) is 0.685. The number of aliphatic hydroxyl groups is 1. The number of aromatic nitrogens is 4. The fourth-order valence-corrected chi connectivity index (χ4v) is 3.94. The fraction of sp³-hybridized carbons (Fsp3) is 0.280. The molecule has 1 N–H and O–H groups in total. The molecule has 0 saturated carbocycles. The summed E-state index contributed by atoms with van der Waals surface area (Å²) in [5, 5.41) is 21.9. The van der Waals surface area contributed by atoms with Crippen LogP contribution in [0.1, 0.15) is 29.8 Å². The van der Waals surface area contributed by atoms with Crippen molar-refractivity contribution < 1.29 is 28.5 Å². The number of hydrogen-bond donors (Lipinski definition) is 1. The number of hydrogen-bond acceptors (Lipinski definition) is 8. The first kappa shape index (κ1) is 24.1. The van der Waals surface area contributed by atoms with Gasteiger partial charge in [-0.25, -0.2) is 9.07 Å². The summed E-state index contributed by atoms with van der Waals surface area (Å²) < 4.78 is 31.7. The lowest BCUT2D eigenvalue weighted by Crippen LogP contribution is -2.31. The summed E-state index contributed by atoms with van der Waals surface area (Å²) >= 11 is 0. The minimum atomic E-state index is -0.784.